The molecule has 0 aliphatic rings. The van der Waals surface area contributed by atoms with Gasteiger partial charge in [0.1, 0.15) is 11.6 Å². The molecule has 0 fully saturated rings. The highest BCUT2D eigenvalue weighted by atomic mass is 19.1. The van der Waals surface area contributed by atoms with Crippen LogP contribution in [0.4, 0.5) is 15.8 Å². The Labute approximate surface area is 122 Å². The summed E-state index contributed by atoms with van der Waals surface area (Å²) in [6, 6.07) is 10.7. The van der Waals surface area contributed by atoms with Crippen LogP contribution in [0.15, 0.2) is 42.5 Å². The molecule has 1 amide bonds. The summed E-state index contributed by atoms with van der Waals surface area (Å²) in [6.07, 6.45) is 0.891. The molecular formula is C16H17FN2O2. The normalized spacial score (nSPS) is 10.2. The van der Waals surface area contributed by atoms with Gasteiger partial charge in [0.2, 0.25) is 0 Å². The second kappa shape index (κ2) is 6.74. The molecule has 0 saturated heterocycles. The average molecular weight is 288 g/mol. The fourth-order valence-electron chi connectivity index (χ4n) is 1.79. The molecule has 0 atom stereocenters. The van der Waals surface area contributed by atoms with Gasteiger partial charge in [-0.05, 0) is 42.8 Å². The van der Waals surface area contributed by atoms with Crippen LogP contribution in [0.3, 0.4) is 0 Å². The van der Waals surface area contributed by atoms with Crippen molar-refractivity contribution in [2.75, 3.05) is 17.7 Å². The van der Waals surface area contributed by atoms with Gasteiger partial charge in [0.05, 0.1) is 18.0 Å². The Morgan fingerprint density at radius 1 is 1.29 bits per heavy atom. The van der Waals surface area contributed by atoms with Crippen molar-refractivity contribution in [2.24, 2.45) is 0 Å². The van der Waals surface area contributed by atoms with Gasteiger partial charge in [-0.25, -0.2) is 4.39 Å². The van der Waals surface area contributed by atoms with Crippen molar-refractivity contribution in [3.63, 3.8) is 0 Å². The zero-order valence-corrected chi connectivity index (χ0v) is 11.7. The van der Waals surface area contributed by atoms with E-state index in [0.717, 1.165) is 12.5 Å². The van der Waals surface area contributed by atoms with Gasteiger partial charge in [0.15, 0.2) is 0 Å². The van der Waals surface area contributed by atoms with E-state index >= 15 is 0 Å². The fourth-order valence-corrected chi connectivity index (χ4v) is 1.79. The number of amides is 1. The van der Waals surface area contributed by atoms with Crippen LogP contribution in [0.25, 0.3) is 0 Å². The second-order valence-electron chi connectivity index (χ2n) is 4.56. The summed E-state index contributed by atoms with van der Waals surface area (Å²) in [5, 5.41) is 2.65. The quantitative estimate of drug-likeness (QED) is 0.828. The Morgan fingerprint density at radius 2 is 2.10 bits per heavy atom. The van der Waals surface area contributed by atoms with E-state index in [1.54, 1.807) is 24.3 Å². The van der Waals surface area contributed by atoms with Crippen molar-refractivity contribution >= 4 is 17.3 Å². The van der Waals surface area contributed by atoms with E-state index in [1.807, 2.05) is 6.92 Å². The minimum absolute atomic E-state index is 0.182. The summed E-state index contributed by atoms with van der Waals surface area (Å²) < 4.78 is 18.5. The van der Waals surface area contributed by atoms with Crippen molar-refractivity contribution in [2.45, 2.75) is 13.3 Å². The number of benzene rings is 2. The summed E-state index contributed by atoms with van der Waals surface area (Å²) in [4.78, 5) is 12.2. The molecule has 0 unspecified atom stereocenters. The maximum Gasteiger partial charge on any atom is 0.255 e. The first-order chi connectivity index (χ1) is 10.1. The smallest absolute Gasteiger partial charge is 0.255 e. The number of nitrogen functional groups attached to an aromatic ring is 1. The Bertz CT molecular complexity index is 644. The molecule has 0 radical (unpaired) electrons. The van der Waals surface area contributed by atoms with Crippen molar-refractivity contribution in [3.8, 4) is 5.75 Å². The number of rotatable bonds is 5. The van der Waals surface area contributed by atoms with E-state index in [2.05, 4.69) is 5.32 Å². The minimum atomic E-state index is -0.444. The van der Waals surface area contributed by atoms with E-state index in [0.29, 0.717) is 23.6 Å². The molecule has 21 heavy (non-hydrogen) atoms. The van der Waals surface area contributed by atoms with Gasteiger partial charge in [-0.1, -0.05) is 13.0 Å². The van der Waals surface area contributed by atoms with Gasteiger partial charge in [0, 0.05) is 5.56 Å². The molecule has 0 aliphatic heterocycles. The van der Waals surface area contributed by atoms with Gasteiger partial charge in [-0.2, -0.15) is 0 Å². The highest BCUT2D eigenvalue weighted by Gasteiger charge is 2.09. The van der Waals surface area contributed by atoms with Crippen molar-refractivity contribution in [3.05, 3.63) is 53.8 Å². The summed E-state index contributed by atoms with van der Waals surface area (Å²) in [6.45, 7) is 2.60. The average Bonchev–Trinajstić information content (AvgIpc) is 2.48. The minimum Gasteiger partial charge on any atom is -0.494 e. The van der Waals surface area contributed by atoms with Crippen LogP contribution in [-0.4, -0.2) is 12.5 Å². The van der Waals surface area contributed by atoms with Crippen molar-refractivity contribution < 1.29 is 13.9 Å². The van der Waals surface area contributed by atoms with E-state index in [9.17, 15) is 9.18 Å². The van der Waals surface area contributed by atoms with E-state index in [1.165, 1.54) is 12.1 Å². The number of hydrogen-bond donors (Lipinski definition) is 2. The zero-order valence-electron chi connectivity index (χ0n) is 11.7. The number of nitrogens with one attached hydrogen (secondary N) is 1. The zero-order chi connectivity index (χ0) is 15.2. The largest absolute Gasteiger partial charge is 0.494 e. The number of nitrogens with two attached hydrogens (primary N) is 1. The van der Waals surface area contributed by atoms with Crippen LogP contribution in [0.5, 0.6) is 5.75 Å². The summed E-state index contributed by atoms with van der Waals surface area (Å²) >= 11 is 0. The highest BCUT2D eigenvalue weighted by Crippen LogP contribution is 2.21. The van der Waals surface area contributed by atoms with Crippen molar-refractivity contribution in [1.29, 1.82) is 0 Å². The summed E-state index contributed by atoms with van der Waals surface area (Å²) in [7, 11) is 0. The first-order valence-corrected chi connectivity index (χ1v) is 6.69. The van der Waals surface area contributed by atoms with Gasteiger partial charge in [-0.15, -0.1) is 0 Å². The van der Waals surface area contributed by atoms with Crippen LogP contribution in [0, 0.1) is 5.82 Å². The van der Waals surface area contributed by atoms with Crippen molar-refractivity contribution in [1.82, 2.24) is 0 Å². The van der Waals surface area contributed by atoms with Crippen LogP contribution in [0.1, 0.15) is 23.7 Å². The molecule has 0 heterocycles. The molecule has 2 aromatic carbocycles. The third kappa shape index (κ3) is 3.95. The van der Waals surface area contributed by atoms with Gasteiger partial charge < -0.3 is 15.8 Å². The first-order valence-electron chi connectivity index (χ1n) is 6.69. The molecule has 3 N–H and O–H groups in total. The SMILES string of the molecule is CCCOc1cccc(C(=O)Nc2ccc(F)cc2N)c1. The Hall–Kier alpha value is -2.56. The monoisotopic (exact) mass is 288 g/mol. The Kier molecular flexibility index (Phi) is 4.77. The maximum absolute atomic E-state index is 13.0. The number of hydrogen-bond acceptors (Lipinski definition) is 3. The molecule has 0 aromatic heterocycles. The number of carbonyl (C=O) groups excluding carboxylic acids is 1. The molecule has 0 bridgehead atoms. The van der Waals surface area contributed by atoms with Crippen LogP contribution in [-0.2, 0) is 0 Å². The fraction of sp³-hybridized carbons (Fsp3) is 0.188. The van der Waals surface area contributed by atoms with Gasteiger partial charge in [0.25, 0.3) is 5.91 Å². The first kappa shape index (κ1) is 14.8. The predicted octanol–water partition coefficient (Wildman–Crippen LogP) is 3.45. The number of anilines is 2. The predicted molar refractivity (Wildman–Crippen MR) is 81.0 cm³/mol. The molecule has 5 heteroatoms. The van der Waals surface area contributed by atoms with E-state index in [-0.39, 0.29) is 11.6 Å². The van der Waals surface area contributed by atoms with Crippen LogP contribution in [0.2, 0.25) is 0 Å². The molecule has 4 nitrogen and oxygen atoms in total. The van der Waals surface area contributed by atoms with Crippen LogP contribution >= 0.6 is 0 Å². The highest BCUT2D eigenvalue weighted by molar-refractivity contribution is 6.05. The van der Waals surface area contributed by atoms with E-state index in [4.69, 9.17) is 10.5 Å². The molecule has 110 valence electrons. The standard InChI is InChI=1S/C16H17FN2O2/c1-2-8-21-13-5-3-4-11(9-13)16(20)19-15-7-6-12(17)10-14(15)18/h3-7,9-10H,2,8,18H2,1H3,(H,19,20). The molecule has 0 aliphatic carbocycles. The van der Waals surface area contributed by atoms with E-state index < -0.39 is 5.82 Å². The molecule has 0 spiro atoms. The molecule has 2 aromatic rings. The lowest BCUT2D eigenvalue weighted by Gasteiger charge is -2.09. The Morgan fingerprint density at radius 3 is 2.81 bits per heavy atom. The molecule has 0 saturated carbocycles. The molecule has 2 rings (SSSR count). The lowest BCUT2D eigenvalue weighted by Crippen LogP contribution is -2.13. The lowest BCUT2D eigenvalue weighted by molar-refractivity contribution is 0.102. The molecular weight excluding hydrogens is 271 g/mol. The van der Waals surface area contributed by atoms with Gasteiger partial charge in [-0.3, -0.25) is 4.79 Å². The number of carbonyl (C=O) groups is 1. The number of ether oxygens (including phenoxy) is 1. The third-order valence-electron chi connectivity index (χ3n) is 2.83. The van der Waals surface area contributed by atoms with Crippen LogP contribution < -0.4 is 15.8 Å². The maximum atomic E-state index is 13.0. The number of halogens is 1. The third-order valence-corrected chi connectivity index (χ3v) is 2.83. The topological polar surface area (TPSA) is 64.3 Å². The Balaban J connectivity index is 2.12. The van der Waals surface area contributed by atoms with Gasteiger partial charge >= 0.3 is 0 Å². The summed E-state index contributed by atoms with van der Waals surface area (Å²) in [5.74, 6) is -0.132. The second-order valence-corrected chi connectivity index (χ2v) is 4.56. The lowest BCUT2D eigenvalue weighted by atomic mass is 10.2. The summed E-state index contributed by atoms with van der Waals surface area (Å²) in [5.41, 5.74) is 6.67.